The number of ether oxygens (including phenoxy) is 1. The molecule has 2 saturated heterocycles. The highest BCUT2D eigenvalue weighted by Crippen LogP contribution is 2.27. The summed E-state index contributed by atoms with van der Waals surface area (Å²) < 4.78 is 31.7. The van der Waals surface area contributed by atoms with Gasteiger partial charge in [-0.2, -0.15) is 0 Å². The zero-order valence-corrected chi connectivity index (χ0v) is 9.75. The largest absolute Gasteiger partial charge is 0.375 e. The summed E-state index contributed by atoms with van der Waals surface area (Å²) in [6, 6.07) is 0. The molecule has 0 saturated carbocycles. The third-order valence-electron chi connectivity index (χ3n) is 3.15. The highest BCUT2D eigenvalue weighted by molar-refractivity contribution is 5.77. The predicted octanol–water partition coefficient (Wildman–Crippen LogP) is 0.623. The molecule has 0 aromatic rings. The van der Waals surface area contributed by atoms with E-state index in [9.17, 15) is 13.6 Å². The number of rotatable bonds is 2. The minimum absolute atomic E-state index is 0.113. The maximum absolute atomic E-state index is 13.2. The highest BCUT2D eigenvalue weighted by atomic mass is 19.3. The predicted molar refractivity (Wildman–Crippen MR) is 58.0 cm³/mol. The molecule has 0 aromatic carbocycles. The lowest BCUT2D eigenvalue weighted by Gasteiger charge is -2.33. The molecule has 0 spiro atoms. The molecule has 2 aliphatic heterocycles. The van der Waals surface area contributed by atoms with Crippen LogP contribution in [0.25, 0.3) is 0 Å². The van der Waals surface area contributed by atoms with Gasteiger partial charge in [0, 0.05) is 26.1 Å². The zero-order valence-electron chi connectivity index (χ0n) is 9.75. The van der Waals surface area contributed by atoms with Crippen molar-refractivity contribution >= 4 is 5.91 Å². The van der Waals surface area contributed by atoms with E-state index in [2.05, 4.69) is 5.32 Å². The number of nitrogens with one attached hydrogen (secondary N) is 1. The minimum atomic E-state index is -2.72. The fourth-order valence-corrected chi connectivity index (χ4v) is 2.25. The van der Waals surface area contributed by atoms with E-state index < -0.39 is 12.5 Å². The van der Waals surface area contributed by atoms with E-state index in [4.69, 9.17) is 4.74 Å². The smallest absolute Gasteiger partial charge is 0.265 e. The first-order valence-corrected chi connectivity index (χ1v) is 6.05. The first kappa shape index (κ1) is 12.7. The van der Waals surface area contributed by atoms with Crippen molar-refractivity contribution in [2.24, 2.45) is 0 Å². The Balaban J connectivity index is 1.82. The van der Waals surface area contributed by atoms with Crippen molar-refractivity contribution in [3.8, 4) is 0 Å². The van der Waals surface area contributed by atoms with Gasteiger partial charge in [-0.15, -0.1) is 0 Å². The number of piperidine rings is 1. The molecule has 17 heavy (non-hydrogen) atoms. The van der Waals surface area contributed by atoms with Crippen LogP contribution in [-0.2, 0) is 9.53 Å². The molecule has 0 aliphatic carbocycles. The molecule has 1 atom stereocenters. The Hall–Kier alpha value is -0.750. The lowest BCUT2D eigenvalue weighted by molar-refractivity contribution is -0.144. The van der Waals surface area contributed by atoms with E-state index >= 15 is 0 Å². The Bertz CT molecular complexity index is 281. The van der Waals surface area contributed by atoms with Gasteiger partial charge in [0.25, 0.3) is 5.92 Å². The van der Waals surface area contributed by atoms with Crippen LogP contribution in [0.5, 0.6) is 0 Å². The van der Waals surface area contributed by atoms with E-state index in [1.807, 2.05) is 0 Å². The van der Waals surface area contributed by atoms with Crippen molar-refractivity contribution in [3.05, 3.63) is 0 Å². The number of morpholine rings is 1. The normalized spacial score (nSPS) is 29.1. The molecule has 2 aliphatic rings. The van der Waals surface area contributed by atoms with Crippen LogP contribution >= 0.6 is 0 Å². The maximum Gasteiger partial charge on any atom is 0.265 e. The number of carbonyl (C=O) groups is 1. The molecule has 4 nitrogen and oxygen atoms in total. The lowest BCUT2D eigenvalue weighted by atomic mass is 10.1. The van der Waals surface area contributed by atoms with Gasteiger partial charge in [0.15, 0.2) is 0 Å². The van der Waals surface area contributed by atoms with Gasteiger partial charge in [-0.1, -0.05) is 0 Å². The van der Waals surface area contributed by atoms with Crippen LogP contribution in [0.15, 0.2) is 0 Å². The summed E-state index contributed by atoms with van der Waals surface area (Å²) in [4.78, 5) is 13.1. The van der Waals surface area contributed by atoms with E-state index in [1.165, 1.54) is 4.90 Å². The Kier molecular flexibility index (Phi) is 3.93. The number of hydrogen-bond acceptors (Lipinski definition) is 3. The van der Waals surface area contributed by atoms with Crippen LogP contribution in [0.2, 0.25) is 0 Å². The van der Waals surface area contributed by atoms with Crippen LogP contribution < -0.4 is 5.32 Å². The summed E-state index contributed by atoms with van der Waals surface area (Å²) in [6.45, 7) is 1.98. The van der Waals surface area contributed by atoms with Gasteiger partial charge >= 0.3 is 0 Å². The fourth-order valence-electron chi connectivity index (χ4n) is 2.25. The number of carbonyl (C=O) groups excluding carboxylic acids is 1. The standard InChI is InChI=1S/C11H18F2N2O2/c12-11(13)2-1-4-15(8-11)10(16)6-9-7-14-3-5-17-9/h9,14H,1-8H2. The number of halogens is 2. The third-order valence-corrected chi connectivity index (χ3v) is 3.15. The molecule has 1 unspecified atom stereocenters. The first-order valence-electron chi connectivity index (χ1n) is 6.05. The van der Waals surface area contributed by atoms with Crippen molar-refractivity contribution in [1.82, 2.24) is 10.2 Å². The first-order chi connectivity index (χ1) is 8.07. The average Bonchev–Trinajstić information content (AvgIpc) is 2.29. The molecule has 0 bridgehead atoms. The van der Waals surface area contributed by atoms with Crippen molar-refractivity contribution in [1.29, 1.82) is 0 Å². The SMILES string of the molecule is O=C(CC1CNCCO1)N1CCCC(F)(F)C1. The quantitative estimate of drug-likeness (QED) is 0.779. The van der Waals surface area contributed by atoms with E-state index in [1.54, 1.807) is 0 Å². The molecule has 1 amide bonds. The molecule has 6 heteroatoms. The highest BCUT2D eigenvalue weighted by Gasteiger charge is 2.37. The molecular formula is C11H18F2N2O2. The second kappa shape index (κ2) is 5.27. The van der Waals surface area contributed by atoms with Crippen LogP contribution in [0.1, 0.15) is 19.3 Å². The van der Waals surface area contributed by atoms with E-state index in [0.29, 0.717) is 26.1 Å². The van der Waals surface area contributed by atoms with Crippen LogP contribution in [0.4, 0.5) is 8.78 Å². The Labute approximate surface area is 99.3 Å². The van der Waals surface area contributed by atoms with Gasteiger partial charge in [-0.25, -0.2) is 8.78 Å². The van der Waals surface area contributed by atoms with Gasteiger partial charge in [-0.05, 0) is 6.42 Å². The van der Waals surface area contributed by atoms with E-state index in [-0.39, 0.29) is 24.9 Å². The third kappa shape index (κ3) is 3.61. The molecule has 2 fully saturated rings. The van der Waals surface area contributed by atoms with Gasteiger partial charge < -0.3 is 15.0 Å². The van der Waals surface area contributed by atoms with Crippen molar-refractivity contribution in [2.75, 3.05) is 32.8 Å². The van der Waals surface area contributed by atoms with Crippen LogP contribution in [-0.4, -0.2) is 55.6 Å². The molecule has 1 N–H and O–H groups in total. The van der Waals surface area contributed by atoms with Crippen molar-refractivity contribution in [2.45, 2.75) is 31.3 Å². The summed E-state index contributed by atoms with van der Waals surface area (Å²) in [7, 11) is 0. The second-order valence-corrected chi connectivity index (χ2v) is 4.68. The maximum atomic E-state index is 13.2. The monoisotopic (exact) mass is 248 g/mol. The average molecular weight is 248 g/mol. The molecule has 2 rings (SSSR count). The fraction of sp³-hybridized carbons (Fsp3) is 0.909. The van der Waals surface area contributed by atoms with Gasteiger partial charge in [0.2, 0.25) is 5.91 Å². The Morgan fingerprint density at radius 1 is 1.53 bits per heavy atom. The number of likely N-dealkylation sites (tertiary alicyclic amines) is 1. The molecule has 2 heterocycles. The summed E-state index contributed by atoms with van der Waals surface area (Å²) in [6.07, 6.45) is 0.288. The number of nitrogens with zero attached hydrogens (tertiary/aromatic N) is 1. The topological polar surface area (TPSA) is 41.6 Å². The Morgan fingerprint density at radius 2 is 2.35 bits per heavy atom. The number of hydrogen-bond donors (Lipinski definition) is 1. The van der Waals surface area contributed by atoms with Crippen LogP contribution in [0.3, 0.4) is 0 Å². The summed E-state index contributed by atoms with van der Waals surface area (Å²) >= 11 is 0. The summed E-state index contributed by atoms with van der Waals surface area (Å²) in [5.74, 6) is -2.95. The summed E-state index contributed by atoms with van der Waals surface area (Å²) in [5.41, 5.74) is 0. The van der Waals surface area contributed by atoms with Crippen molar-refractivity contribution < 1.29 is 18.3 Å². The van der Waals surface area contributed by atoms with Crippen molar-refractivity contribution in [3.63, 3.8) is 0 Å². The lowest BCUT2D eigenvalue weighted by Crippen LogP contribution is -2.48. The molecule has 0 radical (unpaired) electrons. The molecule has 0 aromatic heterocycles. The number of amides is 1. The number of alkyl halides is 2. The van der Waals surface area contributed by atoms with Gasteiger partial charge in [-0.3, -0.25) is 4.79 Å². The molecule has 98 valence electrons. The van der Waals surface area contributed by atoms with Gasteiger partial charge in [0.1, 0.15) is 0 Å². The van der Waals surface area contributed by atoms with Gasteiger partial charge in [0.05, 0.1) is 25.7 Å². The second-order valence-electron chi connectivity index (χ2n) is 4.68. The summed E-state index contributed by atoms with van der Waals surface area (Å²) in [5, 5.41) is 3.12. The Morgan fingerprint density at radius 3 is 3.00 bits per heavy atom. The zero-order chi connectivity index (χ0) is 12.3. The minimum Gasteiger partial charge on any atom is -0.375 e. The van der Waals surface area contributed by atoms with Crippen LogP contribution in [0, 0.1) is 0 Å². The molecular weight excluding hydrogens is 230 g/mol. The van der Waals surface area contributed by atoms with E-state index in [0.717, 1.165) is 6.54 Å².